The average Bonchev–Trinajstić information content (AvgIpc) is 3.44. The Morgan fingerprint density at radius 2 is 1.93 bits per heavy atom. The van der Waals surface area contributed by atoms with Crippen LogP contribution in [0.25, 0.3) is 0 Å². The van der Waals surface area contributed by atoms with E-state index >= 15 is 0 Å². The number of piperidine rings is 1. The van der Waals surface area contributed by atoms with Crippen molar-refractivity contribution in [3.63, 3.8) is 0 Å². The molecule has 148 valence electrons. The minimum atomic E-state index is -3.48. The second kappa shape index (κ2) is 6.97. The molecule has 28 heavy (non-hydrogen) atoms. The lowest BCUT2D eigenvalue weighted by molar-refractivity contribution is 0.0923. The van der Waals surface area contributed by atoms with Crippen LogP contribution in [0.3, 0.4) is 0 Å². The fourth-order valence-electron chi connectivity index (χ4n) is 5.04. The number of amides is 1. The van der Waals surface area contributed by atoms with E-state index in [4.69, 9.17) is 0 Å². The predicted molar refractivity (Wildman–Crippen MR) is 109 cm³/mol. The lowest BCUT2D eigenvalue weighted by atomic mass is 9.92. The molecule has 2 aliphatic carbocycles. The van der Waals surface area contributed by atoms with Gasteiger partial charge in [0.25, 0.3) is 5.91 Å². The second-order valence-electron chi connectivity index (χ2n) is 8.15. The number of carbonyl (C=O) groups excluding carboxylic acids is 1. The third-order valence-corrected chi connectivity index (χ3v) is 9.26. The average molecular weight is 417 g/mol. The zero-order valence-electron chi connectivity index (χ0n) is 15.6. The SMILES string of the molecule is O=C(NC1CC2CC1CN2S(=O)(=O)c1ccc2c(c1)CCCC2)c1cccs1. The normalized spacial score (nSPS) is 26.9. The van der Waals surface area contributed by atoms with Crippen molar-refractivity contribution < 1.29 is 13.2 Å². The number of thiophene rings is 1. The van der Waals surface area contributed by atoms with Gasteiger partial charge in [-0.15, -0.1) is 11.3 Å². The molecule has 5 nitrogen and oxygen atoms in total. The number of sulfonamides is 1. The first kappa shape index (κ1) is 18.3. The summed E-state index contributed by atoms with van der Waals surface area (Å²) in [6.45, 7) is 0.499. The van der Waals surface area contributed by atoms with Crippen LogP contribution < -0.4 is 5.32 Å². The van der Waals surface area contributed by atoms with Crippen LogP contribution in [0.4, 0.5) is 0 Å². The van der Waals surface area contributed by atoms with Gasteiger partial charge in [0.15, 0.2) is 0 Å². The summed E-state index contributed by atoms with van der Waals surface area (Å²) in [6, 6.07) is 9.41. The quantitative estimate of drug-likeness (QED) is 0.832. The zero-order valence-corrected chi connectivity index (χ0v) is 17.3. The van der Waals surface area contributed by atoms with Gasteiger partial charge in [-0.25, -0.2) is 8.42 Å². The summed E-state index contributed by atoms with van der Waals surface area (Å²) in [5.74, 6) is 0.151. The van der Waals surface area contributed by atoms with Gasteiger partial charge in [-0.05, 0) is 79.1 Å². The van der Waals surface area contributed by atoms with Crippen LogP contribution in [0, 0.1) is 5.92 Å². The summed E-state index contributed by atoms with van der Waals surface area (Å²) in [7, 11) is -3.48. The number of benzene rings is 1. The number of carbonyl (C=O) groups is 1. The number of hydrogen-bond donors (Lipinski definition) is 1. The maximum atomic E-state index is 13.3. The van der Waals surface area contributed by atoms with Crippen LogP contribution in [0.15, 0.2) is 40.6 Å². The molecular formula is C21H24N2O3S2. The molecule has 1 amide bonds. The van der Waals surface area contributed by atoms with Gasteiger partial charge >= 0.3 is 0 Å². The minimum absolute atomic E-state index is 0.0142. The summed E-state index contributed by atoms with van der Waals surface area (Å²) < 4.78 is 28.2. The first-order valence-electron chi connectivity index (χ1n) is 10.0. The van der Waals surface area contributed by atoms with Crippen LogP contribution in [0.5, 0.6) is 0 Å². The van der Waals surface area contributed by atoms with Crippen molar-refractivity contribution in [2.45, 2.75) is 55.5 Å². The number of nitrogens with one attached hydrogen (secondary N) is 1. The highest BCUT2D eigenvalue weighted by molar-refractivity contribution is 7.89. The summed E-state index contributed by atoms with van der Waals surface area (Å²) in [4.78, 5) is 13.5. The molecule has 1 saturated heterocycles. The molecule has 1 aromatic carbocycles. The molecule has 0 spiro atoms. The molecule has 1 saturated carbocycles. The first-order valence-corrected chi connectivity index (χ1v) is 12.3. The van der Waals surface area contributed by atoms with Gasteiger partial charge in [0, 0.05) is 18.6 Å². The smallest absolute Gasteiger partial charge is 0.261 e. The van der Waals surface area contributed by atoms with Crippen molar-refractivity contribution in [3.8, 4) is 0 Å². The first-order chi connectivity index (χ1) is 13.5. The van der Waals surface area contributed by atoms with E-state index in [0.717, 1.165) is 25.7 Å². The molecule has 3 aliphatic rings. The van der Waals surface area contributed by atoms with Crippen LogP contribution in [-0.4, -0.2) is 37.3 Å². The fourth-order valence-corrected chi connectivity index (χ4v) is 7.42. The Balaban J connectivity index is 1.31. The molecule has 2 aromatic rings. The van der Waals surface area contributed by atoms with E-state index in [1.807, 2.05) is 29.6 Å². The van der Waals surface area contributed by atoms with Crippen molar-refractivity contribution in [1.29, 1.82) is 0 Å². The molecule has 1 aliphatic heterocycles. The summed E-state index contributed by atoms with van der Waals surface area (Å²) in [5.41, 5.74) is 2.49. The third-order valence-electron chi connectivity index (χ3n) is 6.48. The molecule has 1 aromatic heterocycles. The Kier molecular flexibility index (Phi) is 4.56. The summed E-state index contributed by atoms with van der Waals surface area (Å²) in [6.07, 6.45) is 5.88. The monoisotopic (exact) mass is 416 g/mol. The van der Waals surface area contributed by atoms with Gasteiger partial charge in [-0.1, -0.05) is 12.1 Å². The van der Waals surface area contributed by atoms with Gasteiger partial charge < -0.3 is 5.32 Å². The van der Waals surface area contributed by atoms with E-state index in [-0.39, 0.29) is 23.9 Å². The van der Waals surface area contributed by atoms with Crippen molar-refractivity contribution >= 4 is 27.3 Å². The van der Waals surface area contributed by atoms with Gasteiger partial charge in [0.2, 0.25) is 10.0 Å². The fraction of sp³-hybridized carbons (Fsp3) is 0.476. The molecule has 5 rings (SSSR count). The van der Waals surface area contributed by atoms with E-state index in [1.54, 1.807) is 10.4 Å². The van der Waals surface area contributed by atoms with Crippen LogP contribution in [0.1, 0.15) is 46.5 Å². The molecule has 3 atom stereocenters. The van der Waals surface area contributed by atoms with Crippen LogP contribution >= 0.6 is 11.3 Å². The highest BCUT2D eigenvalue weighted by Crippen LogP contribution is 2.41. The van der Waals surface area contributed by atoms with Crippen LogP contribution in [0.2, 0.25) is 0 Å². The van der Waals surface area contributed by atoms with Crippen molar-refractivity contribution in [3.05, 3.63) is 51.7 Å². The van der Waals surface area contributed by atoms with Crippen molar-refractivity contribution in [1.82, 2.24) is 9.62 Å². The molecule has 2 heterocycles. The summed E-state index contributed by atoms with van der Waals surface area (Å²) in [5, 5.41) is 5.01. The maximum absolute atomic E-state index is 13.3. The van der Waals surface area contributed by atoms with Gasteiger partial charge in [0.05, 0.1) is 9.77 Å². The Bertz CT molecular complexity index is 1000. The number of rotatable bonds is 4. The highest BCUT2D eigenvalue weighted by Gasteiger charge is 2.49. The number of aryl methyl sites for hydroxylation is 2. The highest BCUT2D eigenvalue weighted by atomic mass is 32.2. The van der Waals surface area contributed by atoms with Gasteiger partial charge in [0.1, 0.15) is 0 Å². The second-order valence-corrected chi connectivity index (χ2v) is 11.0. The minimum Gasteiger partial charge on any atom is -0.348 e. The lowest BCUT2D eigenvalue weighted by Gasteiger charge is -2.31. The third kappa shape index (κ3) is 3.09. The molecule has 7 heteroatoms. The molecule has 1 N–H and O–H groups in total. The number of nitrogens with zero attached hydrogens (tertiary/aromatic N) is 1. The number of fused-ring (bicyclic) bond motifs is 3. The molecule has 2 fully saturated rings. The standard InChI is InChI=1S/C21H24N2O3S2/c24-21(20-6-3-9-27-20)22-19-12-17-10-16(19)13-23(17)28(25,26)18-8-7-14-4-1-2-5-15(14)11-18/h3,6-9,11,16-17,19H,1-2,4-5,10,12-13H2,(H,22,24). The largest absolute Gasteiger partial charge is 0.348 e. The maximum Gasteiger partial charge on any atom is 0.261 e. The van der Waals surface area contributed by atoms with Gasteiger partial charge in [-0.3, -0.25) is 4.79 Å². The summed E-state index contributed by atoms with van der Waals surface area (Å²) >= 11 is 1.43. The van der Waals surface area contributed by atoms with Gasteiger partial charge in [-0.2, -0.15) is 4.31 Å². The Labute approximate surface area is 169 Å². The van der Waals surface area contributed by atoms with E-state index in [2.05, 4.69) is 5.32 Å². The Morgan fingerprint density at radius 1 is 1.11 bits per heavy atom. The Morgan fingerprint density at radius 3 is 2.64 bits per heavy atom. The van der Waals surface area contributed by atoms with Crippen LogP contribution in [-0.2, 0) is 22.9 Å². The topological polar surface area (TPSA) is 66.5 Å². The van der Waals surface area contributed by atoms with E-state index in [1.165, 1.54) is 28.9 Å². The van der Waals surface area contributed by atoms with Crippen molar-refractivity contribution in [2.75, 3.05) is 6.54 Å². The Hall–Kier alpha value is -1.70. The zero-order chi connectivity index (χ0) is 19.3. The number of hydrogen-bond acceptors (Lipinski definition) is 4. The predicted octanol–water partition coefficient (Wildman–Crippen LogP) is 3.21. The lowest BCUT2D eigenvalue weighted by Crippen LogP contribution is -2.47. The van der Waals surface area contributed by atoms with E-state index in [9.17, 15) is 13.2 Å². The van der Waals surface area contributed by atoms with E-state index < -0.39 is 10.0 Å². The van der Waals surface area contributed by atoms with E-state index in [0.29, 0.717) is 22.7 Å². The van der Waals surface area contributed by atoms with Crippen molar-refractivity contribution in [2.24, 2.45) is 5.92 Å². The molecule has 3 unspecified atom stereocenters. The molecule has 2 bridgehead atoms. The molecule has 0 radical (unpaired) electrons. The molecular weight excluding hydrogens is 392 g/mol.